The van der Waals surface area contributed by atoms with Crippen LogP contribution in [0, 0.1) is 0 Å². The molecule has 1 rings (SSSR count). The molecule has 0 heterocycles. The van der Waals surface area contributed by atoms with Gasteiger partial charge in [0.05, 0.1) is 42.2 Å². The van der Waals surface area contributed by atoms with Crippen molar-refractivity contribution >= 4 is 40.5 Å². The van der Waals surface area contributed by atoms with E-state index < -0.39 is 0 Å². The van der Waals surface area contributed by atoms with Crippen LogP contribution in [0.5, 0.6) is 0 Å². The second-order valence-corrected chi connectivity index (χ2v) is 4.88. The quantitative estimate of drug-likeness (QED) is 0.533. The van der Waals surface area contributed by atoms with Gasteiger partial charge in [-0.05, 0) is 12.1 Å². The molecular formula is C13H18Cl2N2O4. The molecule has 118 valence electrons. The van der Waals surface area contributed by atoms with Crippen molar-refractivity contribution < 1.29 is 19.0 Å². The van der Waals surface area contributed by atoms with Crippen molar-refractivity contribution in [1.82, 2.24) is 0 Å². The summed E-state index contributed by atoms with van der Waals surface area (Å²) in [5, 5.41) is 3.12. The molecule has 0 saturated heterocycles. The van der Waals surface area contributed by atoms with Gasteiger partial charge in [0.1, 0.15) is 6.61 Å². The molecule has 0 aliphatic heterocycles. The first kappa shape index (κ1) is 18.0. The van der Waals surface area contributed by atoms with Crippen LogP contribution in [0.3, 0.4) is 0 Å². The molecule has 6 nitrogen and oxygen atoms in total. The van der Waals surface area contributed by atoms with Crippen molar-refractivity contribution in [2.24, 2.45) is 0 Å². The third kappa shape index (κ3) is 6.97. The van der Waals surface area contributed by atoms with Crippen LogP contribution >= 0.6 is 23.2 Å². The molecule has 0 spiro atoms. The Kier molecular flexibility index (Phi) is 8.41. The van der Waals surface area contributed by atoms with Gasteiger partial charge in [-0.2, -0.15) is 0 Å². The van der Waals surface area contributed by atoms with E-state index in [9.17, 15) is 4.79 Å². The summed E-state index contributed by atoms with van der Waals surface area (Å²) in [6, 6.07) is 3.01. The van der Waals surface area contributed by atoms with Gasteiger partial charge in [-0.1, -0.05) is 23.2 Å². The van der Waals surface area contributed by atoms with Crippen molar-refractivity contribution in [1.29, 1.82) is 0 Å². The topological polar surface area (TPSA) is 82.8 Å². The Morgan fingerprint density at radius 2 is 1.71 bits per heavy atom. The van der Waals surface area contributed by atoms with Crippen LogP contribution in [0.15, 0.2) is 12.1 Å². The second kappa shape index (κ2) is 9.81. The number of rotatable bonds is 9. The van der Waals surface area contributed by atoms with Crippen molar-refractivity contribution in [2.75, 3.05) is 51.2 Å². The zero-order valence-corrected chi connectivity index (χ0v) is 13.2. The molecule has 0 aliphatic carbocycles. The van der Waals surface area contributed by atoms with Crippen molar-refractivity contribution in [2.45, 2.75) is 0 Å². The third-order valence-electron chi connectivity index (χ3n) is 2.37. The third-order valence-corrected chi connectivity index (χ3v) is 2.96. The van der Waals surface area contributed by atoms with Gasteiger partial charge in [0.25, 0.3) is 0 Å². The highest BCUT2D eigenvalue weighted by atomic mass is 35.5. The number of nitrogens with one attached hydrogen (secondary N) is 1. The number of nitrogens with two attached hydrogens (primary N) is 1. The number of anilines is 2. The van der Waals surface area contributed by atoms with Crippen molar-refractivity contribution in [3.05, 3.63) is 22.2 Å². The number of benzene rings is 1. The van der Waals surface area contributed by atoms with Crippen LogP contribution in [0.4, 0.5) is 11.4 Å². The second-order valence-electron chi connectivity index (χ2n) is 4.07. The van der Waals surface area contributed by atoms with Gasteiger partial charge in [0.15, 0.2) is 0 Å². The fraction of sp³-hybridized carbons (Fsp3) is 0.462. The SMILES string of the molecule is COCCOCCOCC(=O)Nc1c(Cl)cc(N)cc1Cl. The molecule has 0 bridgehead atoms. The predicted octanol–water partition coefficient (Wildman–Crippen LogP) is 2.19. The first-order chi connectivity index (χ1) is 10.0. The average molecular weight is 337 g/mol. The molecule has 0 fully saturated rings. The lowest BCUT2D eigenvalue weighted by molar-refractivity contribution is -0.121. The first-order valence-corrected chi connectivity index (χ1v) is 6.99. The molecule has 1 amide bonds. The molecule has 0 unspecified atom stereocenters. The van der Waals surface area contributed by atoms with Gasteiger partial charge >= 0.3 is 0 Å². The molecule has 0 atom stereocenters. The Morgan fingerprint density at radius 3 is 2.33 bits per heavy atom. The Hall–Kier alpha value is -1.05. The standard InChI is InChI=1S/C13H18Cl2N2O4/c1-19-2-3-20-4-5-21-8-12(18)17-13-10(14)6-9(16)7-11(13)15/h6-7H,2-5,8,16H2,1H3,(H,17,18). The molecule has 21 heavy (non-hydrogen) atoms. The number of amides is 1. The Morgan fingerprint density at radius 1 is 1.14 bits per heavy atom. The minimum Gasteiger partial charge on any atom is -0.399 e. The lowest BCUT2D eigenvalue weighted by Gasteiger charge is -2.10. The molecule has 1 aromatic rings. The first-order valence-electron chi connectivity index (χ1n) is 6.23. The highest BCUT2D eigenvalue weighted by Gasteiger charge is 2.11. The summed E-state index contributed by atoms with van der Waals surface area (Å²) in [4.78, 5) is 11.7. The number of hydrogen-bond acceptors (Lipinski definition) is 5. The Balaban J connectivity index is 2.28. The van der Waals surface area contributed by atoms with E-state index in [2.05, 4.69) is 5.32 Å². The maximum absolute atomic E-state index is 11.7. The number of methoxy groups -OCH3 is 1. The zero-order chi connectivity index (χ0) is 15.7. The Bertz CT molecular complexity index is 448. The minimum atomic E-state index is -0.361. The fourth-order valence-electron chi connectivity index (χ4n) is 1.41. The van der Waals surface area contributed by atoms with E-state index in [1.54, 1.807) is 7.11 Å². The van der Waals surface area contributed by atoms with E-state index in [1.165, 1.54) is 12.1 Å². The molecule has 1 aromatic carbocycles. The van der Waals surface area contributed by atoms with E-state index in [-0.39, 0.29) is 22.6 Å². The summed E-state index contributed by atoms with van der Waals surface area (Å²) in [6.07, 6.45) is 0. The monoisotopic (exact) mass is 336 g/mol. The van der Waals surface area contributed by atoms with Gasteiger partial charge < -0.3 is 25.3 Å². The highest BCUT2D eigenvalue weighted by Crippen LogP contribution is 2.32. The van der Waals surface area contributed by atoms with Gasteiger partial charge in [-0.3, -0.25) is 4.79 Å². The summed E-state index contributed by atoms with van der Waals surface area (Å²) < 4.78 is 15.2. The largest absolute Gasteiger partial charge is 0.399 e. The molecular weight excluding hydrogens is 319 g/mol. The smallest absolute Gasteiger partial charge is 0.250 e. The van der Waals surface area contributed by atoms with Crippen LogP contribution in [0.1, 0.15) is 0 Å². The summed E-state index contributed by atoms with van der Waals surface area (Å²) in [5.41, 5.74) is 6.32. The van der Waals surface area contributed by atoms with Crippen LogP contribution in [0.2, 0.25) is 10.0 Å². The van der Waals surface area contributed by atoms with Crippen LogP contribution in [-0.2, 0) is 19.0 Å². The van der Waals surface area contributed by atoms with Crippen LogP contribution < -0.4 is 11.1 Å². The van der Waals surface area contributed by atoms with E-state index in [1.807, 2.05) is 0 Å². The highest BCUT2D eigenvalue weighted by molar-refractivity contribution is 6.40. The molecule has 0 radical (unpaired) electrons. The predicted molar refractivity (Wildman–Crippen MR) is 83.0 cm³/mol. The average Bonchev–Trinajstić information content (AvgIpc) is 2.42. The van der Waals surface area contributed by atoms with E-state index in [4.69, 9.17) is 43.1 Å². The van der Waals surface area contributed by atoms with E-state index >= 15 is 0 Å². The summed E-state index contributed by atoms with van der Waals surface area (Å²) in [7, 11) is 1.59. The minimum absolute atomic E-state index is 0.120. The zero-order valence-electron chi connectivity index (χ0n) is 11.7. The van der Waals surface area contributed by atoms with Gasteiger partial charge in [0, 0.05) is 12.8 Å². The summed E-state index contributed by atoms with van der Waals surface area (Å²) in [5.74, 6) is -0.361. The maximum atomic E-state index is 11.7. The number of nitrogen functional groups attached to an aromatic ring is 1. The van der Waals surface area contributed by atoms with Gasteiger partial charge in [0.2, 0.25) is 5.91 Å². The van der Waals surface area contributed by atoms with Crippen molar-refractivity contribution in [3.63, 3.8) is 0 Å². The lowest BCUT2D eigenvalue weighted by Crippen LogP contribution is -2.20. The molecule has 0 aromatic heterocycles. The molecule has 0 saturated carbocycles. The van der Waals surface area contributed by atoms with E-state index in [0.29, 0.717) is 37.8 Å². The van der Waals surface area contributed by atoms with Gasteiger partial charge in [-0.25, -0.2) is 0 Å². The number of carbonyl (C=O) groups excluding carboxylic acids is 1. The fourth-order valence-corrected chi connectivity index (χ4v) is 2.01. The van der Waals surface area contributed by atoms with E-state index in [0.717, 1.165) is 0 Å². The van der Waals surface area contributed by atoms with Gasteiger partial charge in [-0.15, -0.1) is 0 Å². The number of carbonyl (C=O) groups is 1. The summed E-state index contributed by atoms with van der Waals surface area (Å²) >= 11 is 11.9. The van der Waals surface area contributed by atoms with Crippen molar-refractivity contribution in [3.8, 4) is 0 Å². The number of hydrogen-bond donors (Lipinski definition) is 2. The Labute approximate surface area is 133 Å². The summed E-state index contributed by atoms with van der Waals surface area (Å²) in [6.45, 7) is 1.59. The molecule has 0 aliphatic rings. The lowest BCUT2D eigenvalue weighted by atomic mass is 10.3. The number of halogens is 2. The number of ether oxygens (including phenoxy) is 3. The normalized spacial score (nSPS) is 10.6. The van der Waals surface area contributed by atoms with Crippen LogP contribution in [0.25, 0.3) is 0 Å². The molecule has 8 heteroatoms. The van der Waals surface area contributed by atoms with Crippen LogP contribution in [-0.4, -0.2) is 46.1 Å². The maximum Gasteiger partial charge on any atom is 0.250 e. The molecule has 3 N–H and O–H groups in total.